The molecule has 1 atom stereocenters. The van der Waals surface area contributed by atoms with Gasteiger partial charge in [-0.2, -0.15) is 5.26 Å². The summed E-state index contributed by atoms with van der Waals surface area (Å²) in [6.07, 6.45) is 1.27. The van der Waals surface area contributed by atoms with E-state index in [1.54, 1.807) is 0 Å². The summed E-state index contributed by atoms with van der Waals surface area (Å²) in [5.74, 6) is 0. The van der Waals surface area contributed by atoms with Crippen molar-refractivity contribution in [2.24, 2.45) is 5.41 Å². The highest BCUT2D eigenvalue weighted by atomic mass is 16.3. The van der Waals surface area contributed by atoms with Gasteiger partial charge in [0.2, 0.25) is 0 Å². The zero-order chi connectivity index (χ0) is 15.2. The van der Waals surface area contributed by atoms with Crippen molar-refractivity contribution in [3.63, 3.8) is 0 Å². The summed E-state index contributed by atoms with van der Waals surface area (Å²) >= 11 is 0. The van der Waals surface area contributed by atoms with E-state index in [0.717, 1.165) is 35.5 Å². The highest BCUT2D eigenvalue weighted by molar-refractivity contribution is 5.53. The lowest BCUT2D eigenvalue weighted by Crippen LogP contribution is -2.26. The van der Waals surface area contributed by atoms with Crippen molar-refractivity contribution in [2.45, 2.75) is 39.7 Å². The van der Waals surface area contributed by atoms with Crippen molar-refractivity contribution in [1.82, 2.24) is 4.57 Å². The quantitative estimate of drug-likeness (QED) is 0.866. The molecule has 0 amide bonds. The summed E-state index contributed by atoms with van der Waals surface area (Å²) in [6.45, 7) is 6.40. The topological polar surface area (TPSA) is 49.0 Å². The minimum Gasteiger partial charge on any atom is -0.388 e. The van der Waals surface area contributed by atoms with Gasteiger partial charge in [-0.3, -0.25) is 0 Å². The van der Waals surface area contributed by atoms with Crippen LogP contribution in [0.1, 0.15) is 48.9 Å². The highest BCUT2D eigenvalue weighted by Crippen LogP contribution is 2.43. The number of rotatable bonds is 1. The molecular formula is C18H20N2O. The fraction of sp³-hybridized carbons (Fsp3) is 0.389. The van der Waals surface area contributed by atoms with Gasteiger partial charge >= 0.3 is 0 Å². The third-order valence-corrected chi connectivity index (χ3v) is 4.34. The van der Waals surface area contributed by atoms with Crippen LogP contribution in [0.5, 0.6) is 0 Å². The number of aryl methyl sites for hydroxylation is 1. The number of nitrogens with zero attached hydrogens (tertiary/aromatic N) is 2. The van der Waals surface area contributed by atoms with Crippen LogP contribution in [0.4, 0.5) is 0 Å². The second-order valence-electron chi connectivity index (χ2n) is 6.71. The number of fused-ring (bicyclic) bond motifs is 1. The fourth-order valence-electron chi connectivity index (χ4n) is 3.44. The molecule has 1 aliphatic rings. The molecule has 0 bridgehead atoms. The van der Waals surface area contributed by atoms with Crippen LogP contribution in [-0.2, 0) is 6.42 Å². The van der Waals surface area contributed by atoms with Crippen molar-refractivity contribution in [1.29, 1.82) is 5.26 Å². The normalized spacial score (nSPS) is 19.9. The summed E-state index contributed by atoms with van der Waals surface area (Å²) in [5.41, 5.74) is 4.86. The predicted octanol–water partition coefficient (Wildman–Crippen LogP) is 3.66. The Bertz CT molecular complexity index is 734. The van der Waals surface area contributed by atoms with Crippen molar-refractivity contribution < 1.29 is 5.11 Å². The maximum Gasteiger partial charge on any atom is 0.101 e. The van der Waals surface area contributed by atoms with Crippen molar-refractivity contribution in [2.75, 3.05) is 0 Å². The summed E-state index contributed by atoms with van der Waals surface area (Å²) in [4.78, 5) is 0. The first-order valence-corrected chi connectivity index (χ1v) is 7.31. The Kier molecular flexibility index (Phi) is 3.15. The number of aliphatic hydroxyl groups is 1. The van der Waals surface area contributed by atoms with Gasteiger partial charge < -0.3 is 9.67 Å². The van der Waals surface area contributed by atoms with Gasteiger partial charge in [-0.15, -0.1) is 0 Å². The Morgan fingerprint density at radius 1 is 1.33 bits per heavy atom. The molecule has 0 radical (unpaired) electrons. The molecule has 0 spiro atoms. The zero-order valence-corrected chi connectivity index (χ0v) is 12.7. The zero-order valence-electron chi connectivity index (χ0n) is 12.7. The van der Waals surface area contributed by atoms with E-state index in [9.17, 15) is 10.4 Å². The average molecular weight is 280 g/mol. The number of para-hydroxylation sites is 1. The molecule has 2 aromatic rings. The van der Waals surface area contributed by atoms with Gasteiger partial charge in [0.25, 0.3) is 0 Å². The number of hydrogen-bond acceptors (Lipinski definition) is 2. The van der Waals surface area contributed by atoms with Crippen LogP contribution >= 0.6 is 0 Å². The van der Waals surface area contributed by atoms with Gasteiger partial charge in [-0.05, 0) is 43.4 Å². The Labute approximate surface area is 125 Å². The van der Waals surface area contributed by atoms with E-state index in [0.29, 0.717) is 5.56 Å². The molecule has 1 aromatic carbocycles. The number of aromatic nitrogens is 1. The summed E-state index contributed by atoms with van der Waals surface area (Å²) in [6, 6.07) is 12.0. The van der Waals surface area contributed by atoms with Gasteiger partial charge in [-0.25, -0.2) is 0 Å². The van der Waals surface area contributed by atoms with Crippen LogP contribution in [0.3, 0.4) is 0 Å². The summed E-state index contributed by atoms with van der Waals surface area (Å²) in [5, 5.41) is 19.8. The van der Waals surface area contributed by atoms with Crippen LogP contribution in [0.15, 0.2) is 30.3 Å². The van der Waals surface area contributed by atoms with Crippen LogP contribution in [0.2, 0.25) is 0 Å². The SMILES string of the molecule is Cc1cc2c(n1-c1ccccc1C#N)CC(C)(C)CC2O. The molecule has 3 heteroatoms. The van der Waals surface area contributed by atoms with Crippen LogP contribution in [-0.4, -0.2) is 9.67 Å². The molecule has 1 heterocycles. The largest absolute Gasteiger partial charge is 0.388 e. The van der Waals surface area contributed by atoms with E-state index in [2.05, 4.69) is 30.6 Å². The molecule has 3 nitrogen and oxygen atoms in total. The molecule has 3 rings (SSSR count). The van der Waals surface area contributed by atoms with Crippen molar-refractivity contribution >= 4 is 0 Å². The number of hydrogen-bond donors (Lipinski definition) is 1. The molecular weight excluding hydrogens is 260 g/mol. The van der Waals surface area contributed by atoms with E-state index >= 15 is 0 Å². The van der Waals surface area contributed by atoms with Crippen molar-refractivity contribution in [3.8, 4) is 11.8 Å². The third kappa shape index (κ3) is 2.26. The standard InChI is InChI=1S/C18H20N2O/c1-12-8-14-16(9-18(2,3)10-17(14)21)20(12)15-7-5-4-6-13(15)11-19/h4-8,17,21H,9-10H2,1-3H3. The van der Waals surface area contributed by atoms with E-state index < -0.39 is 6.10 Å². The van der Waals surface area contributed by atoms with Gasteiger partial charge in [0, 0.05) is 17.0 Å². The fourth-order valence-corrected chi connectivity index (χ4v) is 3.44. The summed E-state index contributed by atoms with van der Waals surface area (Å²) < 4.78 is 2.14. The minimum absolute atomic E-state index is 0.0660. The first-order chi connectivity index (χ1) is 9.93. The molecule has 1 N–H and O–H groups in total. The van der Waals surface area contributed by atoms with Crippen molar-refractivity contribution in [3.05, 3.63) is 52.8 Å². The van der Waals surface area contributed by atoms with E-state index in [1.807, 2.05) is 31.2 Å². The molecule has 0 fully saturated rings. The van der Waals surface area contributed by atoms with Gasteiger partial charge in [0.1, 0.15) is 6.07 Å². The molecule has 21 heavy (non-hydrogen) atoms. The monoisotopic (exact) mass is 280 g/mol. The first-order valence-electron chi connectivity index (χ1n) is 7.31. The molecule has 108 valence electrons. The number of benzene rings is 1. The Morgan fingerprint density at radius 2 is 2.05 bits per heavy atom. The lowest BCUT2D eigenvalue weighted by molar-refractivity contribution is 0.0987. The molecule has 1 aromatic heterocycles. The second-order valence-corrected chi connectivity index (χ2v) is 6.71. The predicted molar refractivity (Wildman–Crippen MR) is 82.3 cm³/mol. The van der Waals surface area contributed by atoms with Crippen LogP contribution < -0.4 is 0 Å². The van der Waals surface area contributed by atoms with E-state index in [4.69, 9.17) is 0 Å². The second kappa shape index (κ2) is 4.75. The Balaban J connectivity index is 2.24. The average Bonchev–Trinajstić information content (AvgIpc) is 2.74. The maximum absolute atomic E-state index is 10.4. The molecule has 0 saturated carbocycles. The van der Waals surface area contributed by atoms with Gasteiger partial charge in [0.05, 0.1) is 17.4 Å². The van der Waals surface area contributed by atoms with E-state index in [1.165, 1.54) is 0 Å². The smallest absolute Gasteiger partial charge is 0.101 e. The van der Waals surface area contributed by atoms with Gasteiger partial charge in [-0.1, -0.05) is 26.0 Å². The van der Waals surface area contributed by atoms with Crippen LogP contribution in [0.25, 0.3) is 5.69 Å². The minimum atomic E-state index is -0.419. The lowest BCUT2D eigenvalue weighted by atomic mass is 9.75. The molecule has 1 unspecified atom stereocenters. The Hall–Kier alpha value is -2.05. The first kappa shape index (κ1) is 13.9. The van der Waals surface area contributed by atoms with Gasteiger partial charge in [0.15, 0.2) is 0 Å². The molecule has 1 aliphatic carbocycles. The molecule has 0 saturated heterocycles. The third-order valence-electron chi connectivity index (χ3n) is 4.34. The highest BCUT2D eigenvalue weighted by Gasteiger charge is 2.34. The number of nitriles is 1. The Morgan fingerprint density at radius 3 is 2.76 bits per heavy atom. The van der Waals surface area contributed by atoms with Crippen LogP contribution in [0, 0.1) is 23.7 Å². The molecule has 0 aliphatic heterocycles. The summed E-state index contributed by atoms with van der Waals surface area (Å²) in [7, 11) is 0. The van der Waals surface area contributed by atoms with E-state index in [-0.39, 0.29) is 5.41 Å². The maximum atomic E-state index is 10.4. The lowest BCUT2D eigenvalue weighted by Gasteiger charge is -2.34. The number of aliphatic hydroxyl groups excluding tert-OH is 1.